The van der Waals surface area contributed by atoms with Crippen LogP contribution in [0.1, 0.15) is 26.7 Å². The topological polar surface area (TPSA) is 63.2 Å². The second kappa shape index (κ2) is 7.78. The number of sulfone groups is 1. The van der Waals surface area contributed by atoms with Crippen molar-refractivity contribution in [3.63, 3.8) is 0 Å². The average molecular weight is 362 g/mol. The molecule has 1 aromatic rings. The van der Waals surface area contributed by atoms with E-state index in [4.69, 9.17) is 0 Å². The van der Waals surface area contributed by atoms with Gasteiger partial charge in [-0.15, -0.1) is 0 Å². The highest BCUT2D eigenvalue weighted by atomic mass is 79.9. The van der Waals surface area contributed by atoms with Crippen LogP contribution in [0.15, 0.2) is 29.2 Å². The molecule has 0 radical (unpaired) electrons. The second-order valence-electron chi connectivity index (χ2n) is 4.80. The first kappa shape index (κ1) is 17.2. The number of anilines is 1. The van der Waals surface area contributed by atoms with Crippen molar-refractivity contribution in [3.05, 3.63) is 24.3 Å². The number of amides is 1. The minimum Gasteiger partial charge on any atom is -0.326 e. The van der Waals surface area contributed by atoms with Crippen LogP contribution in [-0.2, 0) is 14.6 Å². The minimum atomic E-state index is -3.28. The van der Waals surface area contributed by atoms with E-state index >= 15 is 0 Å². The third-order valence-electron chi connectivity index (χ3n) is 2.90. The summed E-state index contributed by atoms with van der Waals surface area (Å²) in [6, 6.07) is 6.30. The molecule has 0 aliphatic rings. The molecule has 112 valence electrons. The number of hydrogen-bond donors (Lipinski definition) is 1. The highest BCUT2D eigenvalue weighted by Gasteiger charge is 2.20. The molecule has 6 heteroatoms. The smallest absolute Gasteiger partial charge is 0.221 e. The molecule has 1 N–H and O–H groups in total. The molecule has 4 nitrogen and oxygen atoms in total. The van der Waals surface area contributed by atoms with Gasteiger partial charge in [-0.1, -0.05) is 29.3 Å². The normalized spacial score (nSPS) is 12.9. The van der Waals surface area contributed by atoms with E-state index in [2.05, 4.69) is 21.2 Å². The fourth-order valence-corrected chi connectivity index (χ4v) is 4.47. The number of halogens is 1. The van der Waals surface area contributed by atoms with E-state index in [0.29, 0.717) is 15.9 Å². The quantitative estimate of drug-likeness (QED) is 0.758. The molecule has 0 aliphatic carbocycles. The summed E-state index contributed by atoms with van der Waals surface area (Å²) in [6.07, 6.45) is 1.85. The first-order valence-electron chi connectivity index (χ1n) is 6.55. The van der Waals surface area contributed by atoms with Crippen LogP contribution in [-0.4, -0.2) is 25.4 Å². The molecule has 1 aromatic carbocycles. The van der Waals surface area contributed by atoms with Gasteiger partial charge in [0, 0.05) is 17.9 Å². The van der Waals surface area contributed by atoms with Gasteiger partial charge in [-0.05, 0) is 36.6 Å². The van der Waals surface area contributed by atoms with Crippen LogP contribution >= 0.6 is 15.9 Å². The minimum absolute atomic E-state index is 0.125. The van der Waals surface area contributed by atoms with Gasteiger partial charge in [-0.3, -0.25) is 4.79 Å². The standard InChI is InChI=1S/C14H20BrNO3S/c1-3-4-12(9-15)10-20(18,19)14-7-5-13(6-8-14)16-11(2)17/h5-8,12H,3-4,9-10H2,1-2H3,(H,16,17). The van der Waals surface area contributed by atoms with Gasteiger partial charge in [0.25, 0.3) is 0 Å². The maximum Gasteiger partial charge on any atom is 0.221 e. The predicted molar refractivity (Wildman–Crippen MR) is 85.0 cm³/mol. The van der Waals surface area contributed by atoms with Gasteiger partial charge in [0.15, 0.2) is 9.84 Å². The second-order valence-corrected chi connectivity index (χ2v) is 7.48. The van der Waals surface area contributed by atoms with Crippen LogP contribution in [0.2, 0.25) is 0 Å². The molecule has 1 rings (SSSR count). The summed E-state index contributed by atoms with van der Waals surface area (Å²) >= 11 is 3.37. The Morgan fingerprint density at radius 1 is 1.30 bits per heavy atom. The SMILES string of the molecule is CCCC(CBr)CS(=O)(=O)c1ccc(NC(C)=O)cc1. The van der Waals surface area contributed by atoms with E-state index in [0.717, 1.165) is 12.8 Å². The van der Waals surface area contributed by atoms with Gasteiger partial charge in [0.05, 0.1) is 10.6 Å². The van der Waals surface area contributed by atoms with Crippen LogP contribution in [0.25, 0.3) is 0 Å². The Labute approximate surface area is 129 Å². The van der Waals surface area contributed by atoms with E-state index in [1.807, 2.05) is 6.92 Å². The highest BCUT2D eigenvalue weighted by molar-refractivity contribution is 9.09. The van der Waals surface area contributed by atoms with Crippen molar-refractivity contribution in [2.24, 2.45) is 5.92 Å². The third-order valence-corrected chi connectivity index (χ3v) is 5.72. The van der Waals surface area contributed by atoms with Crippen LogP contribution in [0.4, 0.5) is 5.69 Å². The summed E-state index contributed by atoms with van der Waals surface area (Å²) < 4.78 is 24.6. The molecule has 0 heterocycles. The Morgan fingerprint density at radius 2 is 1.90 bits per heavy atom. The van der Waals surface area contributed by atoms with E-state index in [1.165, 1.54) is 19.1 Å². The van der Waals surface area contributed by atoms with Crippen molar-refractivity contribution in [1.82, 2.24) is 0 Å². The number of rotatable bonds is 7. The summed E-state index contributed by atoms with van der Waals surface area (Å²) in [5.41, 5.74) is 0.599. The van der Waals surface area contributed by atoms with Crippen LogP contribution in [0.3, 0.4) is 0 Å². The zero-order valence-corrected chi connectivity index (χ0v) is 14.1. The van der Waals surface area contributed by atoms with E-state index in [9.17, 15) is 13.2 Å². The molecule has 1 unspecified atom stereocenters. The van der Waals surface area contributed by atoms with Crippen molar-refractivity contribution in [2.45, 2.75) is 31.6 Å². The van der Waals surface area contributed by atoms with Crippen molar-refractivity contribution in [2.75, 3.05) is 16.4 Å². The molecule has 0 aromatic heterocycles. The lowest BCUT2D eigenvalue weighted by Crippen LogP contribution is -2.17. The summed E-state index contributed by atoms with van der Waals surface area (Å²) in [6.45, 7) is 3.46. The van der Waals surface area contributed by atoms with E-state index in [1.54, 1.807) is 12.1 Å². The van der Waals surface area contributed by atoms with Gasteiger partial charge in [-0.2, -0.15) is 0 Å². The Morgan fingerprint density at radius 3 is 2.35 bits per heavy atom. The molecule has 0 saturated heterocycles. The molecule has 1 amide bonds. The number of carbonyl (C=O) groups is 1. The highest BCUT2D eigenvalue weighted by Crippen LogP contribution is 2.20. The number of hydrogen-bond acceptors (Lipinski definition) is 3. The van der Waals surface area contributed by atoms with Gasteiger partial charge in [0.1, 0.15) is 0 Å². The van der Waals surface area contributed by atoms with Gasteiger partial charge < -0.3 is 5.32 Å². The monoisotopic (exact) mass is 361 g/mol. The lowest BCUT2D eigenvalue weighted by molar-refractivity contribution is -0.114. The Bertz CT molecular complexity index is 540. The lowest BCUT2D eigenvalue weighted by Gasteiger charge is -2.13. The molecular weight excluding hydrogens is 342 g/mol. The molecule has 0 saturated carbocycles. The molecular formula is C14H20BrNO3S. The molecule has 20 heavy (non-hydrogen) atoms. The fourth-order valence-electron chi connectivity index (χ4n) is 1.97. The van der Waals surface area contributed by atoms with Gasteiger partial charge in [-0.25, -0.2) is 8.42 Å². The summed E-state index contributed by atoms with van der Waals surface area (Å²) in [5, 5.41) is 3.30. The largest absolute Gasteiger partial charge is 0.326 e. The third kappa shape index (κ3) is 5.25. The summed E-state index contributed by atoms with van der Waals surface area (Å²) in [7, 11) is -3.28. The molecule has 0 fully saturated rings. The van der Waals surface area contributed by atoms with Crippen molar-refractivity contribution in [3.8, 4) is 0 Å². The number of carbonyl (C=O) groups excluding carboxylic acids is 1. The Kier molecular flexibility index (Phi) is 6.68. The van der Waals surface area contributed by atoms with Crippen molar-refractivity contribution in [1.29, 1.82) is 0 Å². The van der Waals surface area contributed by atoms with Crippen LogP contribution in [0.5, 0.6) is 0 Å². The Balaban J connectivity index is 2.84. The fraction of sp³-hybridized carbons (Fsp3) is 0.500. The van der Waals surface area contributed by atoms with Crippen molar-refractivity contribution < 1.29 is 13.2 Å². The number of alkyl halides is 1. The first-order chi connectivity index (χ1) is 9.39. The number of benzene rings is 1. The molecule has 0 spiro atoms. The van der Waals surface area contributed by atoms with Crippen LogP contribution in [0, 0.1) is 5.92 Å². The zero-order valence-electron chi connectivity index (χ0n) is 11.7. The van der Waals surface area contributed by atoms with Crippen molar-refractivity contribution >= 4 is 37.4 Å². The zero-order chi connectivity index (χ0) is 15.2. The summed E-state index contributed by atoms with van der Waals surface area (Å²) in [4.78, 5) is 11.2. The molecule has 0 bridgehead atoms. The summed E-state index contributed by atoms with van der Waals surface area (Å²) in [5.74, 6) is 0.0916. The van der Waals surface area contributed by atoms with Crippen LogP contribution < -0.4 is 5.32 Å². The van der Waals surface area contributed by atoms with Gasteiger partial charge >= 0.3 is 0 Å². The predicted octanol–water partition coefficient (Wildman–Crippen LogP) is 3.23. The van der Waals surface area contributed by atoms with Gasteiger partial charge in [0.2, 0.25) is 5.91 Å². The average Bonchev–Trinajstić information content (AvgIpc) is 2.38. The maximum atomic E-state index is 12.3. The first-order valence-corrected chi connectivity index (χ1v) is 9.32. The van der Waals surface area contributed by atoms with E-state index in [-0.39, 0.29) is 17.6 Å². The Hall–Kier alpha value is -0.880. The van der Waals surface area contributed by atoms with E-state index < -0.39 is 9.84 Å². The lowest BCUT2D eigenvalue weighted by atomic mass is 10.1. The molecule has 0 aliphatic heterocycles. The molecule has 1 atom stereocenters. The number of nitrogens with one attached hydrogen (secondary N) is 1. The maximum absolute atomic E-state index is 12.3.